The summed E-state index contributed by atoms with van der Waals surface area (Å²) in [5, 5.41) is 22.7. The summed E-state index contributed by atoms with van der Waals surface area (Å²) in [6, 6.07) is 6.01. The Hall–Kier alpha value is -1.10. The Labute approximate surface area is 121 Å². The summed E-state index contributed by atoms with van der Waals surface area (Å²) < 4.78 is 5.65. The summed E-state index contributed by atoms with van der Waals surface area (Å²) in [7, 11) is 0. The molecule has 1 aromatic carbocycles. The smallest absolute Gasteiger partial charge is 0.122 e. The first-order chi connectivity index (χ1) is 9.22. The van der Waals surface area contributed by atoms with E-state index >= 15 is 0 Å². The lowest BCUT2D eigenvalue weighted by Crippen LogP contribution is -2.51. The zero-order valence-electron chi connectivity index (χ0n) is 13.1. The van der Waals surface area contributed by atoms with Crippen LogP contribution in [0.2, 0.25) is 0 Å². The minimum Gasteiger partial charge on any atom is -0.491 e. The number of benzene rings is 1. The van der Waals surface area contributed by atoms with Crippen molar-refractivity contribution in [2.24, 2.45) is 0 Å². The Balaban J connectivity index is 2.44. The van der Waals surface area contributed by atoms with E-state index in [-0.39, 0.29) is 6.61 Å². The minimum atomic E-state index is -0.618. The van der Waals surface area contributed by atoms with Gasteiger partial charge in [0.25, 0.3) is 0 Å². The van der Waals surface area contributed by atoms with E-state index in [2.05, 4.69) is 5.32 Å². The molecule has 0 heterocycles. The van der Waals surface area contributed by atoms with Gasteiger partial charge in [-0.25, -0.2) is 0 Å². The lowest BCUT2D eigenvalue weighted by atomic mass is 9.99. The molecule has 0 aromatic heterocycles. The zero-order valence-corrected chi connectivity index (χ0v) is 13.1. The van der Waals surface area contributed by atoms with E-state index in [9.17, 15) is 10.2 Å². The maximum absolute atomic E-state index is 9.95. The van der Waals surface area contributed by atoms with Crippen molar-refractivity contribution in [3.05, 3.63) is 29.3 Å². The summed E-state index contributed by atoms with van der Waals surface area (Å²) >= 11 is 0. The number of hydrogen-bond donors (Lipinski definition) is 3. The summed E-state index contributed by atoms with van der Waals surface area (Å²) in [6.07, 6.45) is -1.11. The quantitative estimate of drug-likeness (QED) is 0.713. The zero-order chi connectivity index (χ0) is 15.3. The van der Waals surface area contributed by atoms with Crippen LogP contribution in [-0.4, -0.2) is 41.1 Å². The molecule has 4 nitrogen and oxygen atoms in total. The Morgan fingerprint density at radius 3 is 2.50 bits per heavy atom. The molecule has 0 aliphatic carbocycles. The van der Waals surface area contributed by atoms with Crippen LogP contribution in [0.5, 0.6) is 5.75 Å². The first kappa shape index (κ1) is 17.0. The average Bonchev–Trinajstić information content (AvgIpc) is 2.37. The molecule has 0 aliphatic rings. The molecule has 114 valence electrons. The van der Waals surface area contributed by atoms with Gasteiger partial charge in [0.2, 0.25) is 0 Å². The summed E-state index contributed by atoms with van der Waals surface area (Å²) in [5.74, 6) is 0.804. The molecule has 0 saturated heterocycles. The van der Waals surface area contributed by atoms with Crippen LogP contribution in [0.25, 0.3) is 0 Å². The van der Waals surface area contributed by atoms with Gasteiger partial charge in [-0.15, -0.1) is 0 Å². The van der Waals surface area contributed by atoms with Gasteiger partial charge in [0.1, 0.15) is 18.5 Å². The highest BCUT2D eigenvalue weighted by molar-refractivity contribution is 5.35. The van der Waals surface area contributed by atoms with Crippen LogP contribution in [0.15, 0.2) is 18.2 Å². The van der Waals surface area contributed by atoms with Crippen molar-refractivity contribution in [2.75, 3.05) is 13.2 Å². The second-order valence-corrected chi connectivity index (χ2v) is 6.01. The van der Waals surface area contributed by atoms with Crippen molar-refractivity contribution in [1.82, 2.24) is 5.32 Å². The van der Waals surface area contributed by atoms with Gasteiger partial charge >= 0.3 is 0 Å². The maximum atomic E-state index is 9.95. The molecular weight excluding hydrogens is 254 g/mol. The third-order valence-electron chi connectivity index (χ3n) is 3.61. The summed E-state index contributed by atoms with van der Waals surface area (Å²) in [5.41, 5.74) is 1.76. The molecule has 3 N–H and O–H groups in total. The molecule has 1 aromatic rings. The van der Waals surface area contributed by atoms with Crippen LogP contribution in [0.3, 0.4) is 0 Å². The van der Waals surface area contributed by atoms with Crippen LogP contribution in [0.1, 0.15) is 31.9 Å². The lowest BCUT2D eigenvalue weighted by molar-refractivity contribution is 0.0647. The highest BCUT2D eigenvalue weighted by Gasteiger charge is 2.24. The summed E-state index contributed by atoms with van der Waals surface area (Å²) in [6.45, 7) is 10.1. The van der Waals surface area contributed by atoms with E-state index in [1.54, 1.807) is 6.92 Å². The van der Waals surface area contributed by atoms with Crippen LogP contribution in [-0.2, 0) is 0 Å². The Morgan fingerprint density at radius 2 is 1.90 bits per heavy atom. The Bertz CT molecular complexity index is 430. The van der Waals surface area contributed by atoms with Gasteiger partial charge in [0.15, 0.2) is 0 Å². The molecule has 20 heavy (non-hydrogen) atoms. The van der Waals surface area contributed by atoms with Gasteiger partial charge in [-0.3, -0.25) is 0 Å². The van der Waals surface area contributed by atoms with Gasteiger partial charge in [-0.2, -0.15) is 0 Å². The molecule has 1 rings (SSSR count). The van der Waals surface area contributed by atoms with E-state index in [1.165, 1.54) is 0 Å². The van der Waals surface area contributed by atoms with Crippen LogP contribution in [0, 0.1) is 13.8 Å². The average molecular weight is 281 g/mol. The van der Waals surface area contributed by atoms with Gasteiger partial charge in [0, 0.05) is 12.1 Å². The second-order valence-electron chi connectivity index (χ2n) is 6.01. The number of nitrogens with one attached hydrogen (secondary N) is 1. The van der Waals surface area contributed by atoms with E-state index in [0.717, 1.165) is 16.9 Å². The maximum Gasteiger partial charge on any atom is 0.122 e. The Morgan fingerprint density at radius 1 is 1.25 bits per heavy atom. The number of aliphatic hydroxyl groups is 2. The number of aryl methyl sites for hydroxylation is 2. The molecule has 2 atom stereocenters. The van der Waals surface area contributed by atoms with Crippen molar-refractivity contribution in [1.29, 1.82) is 0 Å². The molecule has 0 amide bonds. The monoisotopic (exact) mass is 281 g/mol. The summed E-state index contributed by atoms with van der Waals surface area (Å²) in [4.78, 5) is 0. The standard InChI is InChI=1S/C16H27NO3/c1-11-6-7-12(2)15(8-11)20-10-14(19)9-17-16(4,5)13(3)18/h6-8,13-14,17-19H,9-10H2,1-5H3. The number of β-amino-alcohol motifs (C(OH)–C–C–N with tert-alkyl or cyclic N) is 1. The second kappa shape index (κ2) is 7.07. The van der Waals surface area contributed by atoms with Crippen molar-refractivity contribution in [2.45, 2.75) is 52.4 Å². The first-order valence-electron chi connectivity index (χ1n) is 7.03. The van der Waals surface area contributed by atoms with E-state index in [4.69, 9.17) is 4.74 Å². The minimum absolute atomic E-state index is 0.229. The molecular formula is C16H27NO3. The molecule has 0 fully saturated rings. The largest absolute Gasteiger partial charge is 0.491 e. The van der Waals surface area contributed by atoms with E-state index in [1.807, 2.05) is 45.9 Å². The van der Waals surface area contributed by atoms with Crippen molar-refractivity contribution in [3.8, 4) is 5.75 Å². The van der Waals surface area contributed by atoms with Crippen LogP contribution >= 0.6 is 0 Å². The highest BCUT2D eigenvalue weighted by Crippen LogP contribution is 2.19. The van der Waals surface area contributed by atoms with Gasteiger partial charge < -0.3 is 20.3 Å². The lowest BCUT2D eigenvalue weighted by Gasteiger charge is -2.30. The molecule has 0 aliphatic heterocycles. The fourth-order valence-corrected chi connectivity index (χ4v) is 1.64. The fraction of sp³-hybridized carbons (Fsp3) is 0.625. The van der Waals surface area contributed by atoms with Gasteiger partial charge in [-0.1, -0.05) is 12.1 Å². The number of ether oxygens (including phenoxy) is 1. The Kier molecular flexibility index (Phi) is 5.99. The van der Waals surface area contributed by atoms with Crippen molar-refractivity contribution in [3.63, 3.8) is 0 Å². The normalized spacial score (nSPS) is 14.9. The predicted octanol–water partition coefficient (Wildman–Crippen LogP) is 1.79. The van der Waals surface area contributed by atoms with Crippen LogP contribution in [0.4, 0.5) is 0 Å². The van der Waals surface area contributed by atoms with Crippen LogP contribution < -0.4 is 10.1 Å². The van der Waals surface area contributed by atoms with Gasteiger partial charge in [0.05, 0.1) is 6.10 Å². The first-order valence-corrected chi connectivity index (χ1v) is 7.03. The van der Waals surface area contributed by atoms with Gasteiger partial charge in [-0.05, 0) is 51.8 Å². The molecule has 0 bridgehead atoms. The highest BCUT2D eigenvalue weighted by atomic mass is 16.5. The van der Waals surface area contributed by atoms with Crippen molar-refractivity contribution < 1.29 is 14.9 Å². The SMILES string of the molecule is Cc1ccc(C)c(OCC(O)CNC(C)(C)C(C)O)c1. The molecule has 0 spiro atoms. The van der Waals surface area contributed by atoms with E-state index < -0.39 is 17.7 Å². The molecule has 2 unspecified atom stereocenters. The number of rotatable bonds is 7. The third kappa shape index (κ3) is 5.12. The predicted molar refractivity (Wildman–Crippen MR) is 81.2 cm³/mol. The number of hydrogen-bond acceptors (Lipinski definition) is 4. The topological polar surface area (TPSA) is 61.7 Å². The van der Waals surface area contributed by atoms with E-state index in [0.29, 0.717) is 6.54 Å². The molecule has 0 saturated carbocycles. The fourth-order valence-electron chi connectivity index (χ4n) is 1.64. The number of aliphatic hydroxyl groups excluding tert-OH is 2. The molecule has 4 heteroatoms. The third-order valence-corrected chi connectivity index (χ3v) is 3.61. The molecule has 0 radical (unpaired) electrons. The van der Waals surface area contributed by atoms with Crippen molar-refractivity contribution >= 4 is 0 Å².